The van der Waals surface area contributed by atoms with E-state index in [0.717, 1.165) is 9.70 Å². The summed E-state index contributed by atoms with van der Waals surface area (Å²) in [7, 11) is -4.87. The van der Waals surface area contributed by atoms with Crippen LogP contribution in [0.5, 0.6) is 0 Å². The predicted octanol–water partition coefficient (Wildman–Crippen LogP) is -3.10. The number of nitrogens with zero attached hydrogens (tertiary/aromatic N) is 6. The number of aliphatic hydroxyl groups is 1. The summed E-state index contributed by atoms with van der Waals surface area (Å²) >= 11 is 0. The van der Waals surface area contributed by atoms with Gasteiger partial charge in [0.05, 0.1) is 19.2 Å². The number of hydrogen-bond acceptors (Lipinski definition) is 10. The summed E-state index contributed by atoms with van der Waals surface area (Å²) in [6.45, 7) is -0.663. The molecular formula is C13H19N7O8S. The standard InChI is InChI=1S/C13H19N7O8S/c21-4-3-11-15-17-19(16-11)7-9(22)5-14-12(23)10-2-1-8-6-18(10)13(24)20(8)28-29(25,26)27/h8,10,21H,1-7H2,(H,14,23)(H,25,26,27)/t8-,10+/m1/s1. The highest BCUT2D eigenvalue weighted by atomic mass is 32.3. The van der Waals surface area contributed by atoms with E-state index in [1.54, 1.807) is 0 Å². The number of rotatable bonds is 9. The molecule has 0 aliphatic carbocycles. The highest BCUT2D eigenvalue weighted by Gasteiger charge is 2.49. The number of carbonyl (C=O) groups excluding carboxylic acids is 3. The van der Waals surface area contributed by atoms with Crippen molar-refractivity contribution in [1.29, 1.82) is 0 Å². The quantitative estimate of drug-likeness (QED) is 0.333. The molecule has 0 radical (unpaired) electrons. The van der Waals surface area contributed by atoms with Crippen LogP contribution in [0.15, 0.2) is 0 Å². The normalized spacial score (nSPS) is 21.5. The summed E-state index contributed by atoms with van der Waals surface area (Å²) in [5, 5.41) is 23.0. The Hall–Kier alpha value is -2.69. The van der Waals surface area contributed by atoms with E-state index >= 15 is 0 Å². The lowest BCUT2D eigenvalue weighted by Crippen LogP contribution is -2.50. The molecule has 1 aromatic rings. The molecule has 3 rings (SSSR count). The fourth-order valence-electron chi connectivity index (χ4n) is 3.16. The molecule has 15 nitrogen and oxygen atoms in total. The van der Waals surface area contributed by atoms with Crippen molar-refractivity contribution in [2.75, 3.05) is 19.7 Å². The number of amides is 3. The first-order chi connectivity index (χ1) is 13.7. The van der Waals surface area contributed by atoms with Gasteiger partial charge in [0, 0.05) is 13.0 Å². The van der Waals surface area contributed by atoms with Gasteiger partial charge in [-0.25, -0.2) is 4.79 Å². The van der Waals surface area contributed by atoms with Gasteiger partial charge in [-0.3, -0.25) is 14.1 Å². The molecule has 16 heteroatoms. The molecule has 29 heavy (non-hydrogen) atoms. The molecule has 3 amide bonds. The second-order valence-electron chi connectivity index (χ2n) is 6.48. The first-order valence-corrected chi connectivity index (χ1v) is 9.98. The first kappa shape index (κ1) is 21.0. The maximum Gasteiger partial charge on any atom is 0.418 e. The fourth-order valence-corrected chi connectivity index (χ4v) is 3.55. The summed E-state index contributed by atoms with van der Waals surface area (Å²) in [5.74, 6) is -0.708. The average molecular weight is 433 g/mol. The maximum atomic E-state index is 12.4. The van der Waals surface area contributed by atoms with Crippen LogP contribution in [0.4, 0.5) is 4.79 Å². The van der Waals surface area contributed by atoms with E-state index in [1.807, 2.05) is 0 Å². The number of urea groups is 1. The first-order valence-electron chi connectivity index (χ1n) is 8.61. The van der Waals surface area contributed by atoms with Crippen molar-refractivity contribution >= 4 is 28.1 Å². The molecule has 2 fully saturated rings. The van der Waals surface area contributed by atoms with Crippen molar-refractivity contribution in [1.82, 2.24) is 35.5 Å². The summed E-state index contributed by atoms with van der Waals surface area (Å²) in [6, 6.07) is -2.37. The van der Waals surface area contributed by atoms with Crippen LogP contribution in [-0.2, 0) is 37.2 Å². The number of hydrogen-bond donors (Lipinski definition) is 3. The van der Waals surface area contributed by atoms with Crippen LogP contribution < -0.4 is 5.32 Å². The van der Waals surface area contributed by atoms with Crippen molar-refractivity contribution < 1.29 is 36.7 Å². The average Bonchev–Trinajstić information content (AvgIpc) is 3.17. The Labute approximate surface area is 164 Å². The molecule has 1 aromatic heterocycles. The van der Waals surface area contributed by atoms with E-state index < -0.39 is 40.2 Å². The van der Waals surface area contributed by atoms with Crippen molar-refractivity contribution in [3.63, 3.8) is 0 Å². The third kappa shape index (κ3) is 5.03. The molecule has 0 aromatic carbocycles. The number of nitrogens with one attached hydrogen (secondary N) is 1. The molecule has 2 bridgehead atoms. The summed E-state index contributed by atoms with van der Waals surface area (Å²) < 4.78 is 34.8. The Morgan fingerprint density at radius 2 is 2.07 bits per heavy atom. The number of tetrazole rings is 1. The van der Waals surface area contributed by atoms with Crippen molar-refractivity contribution in [2.45, 2.75) is 37.9 Å². The Morgan fingerprint density at radius 1 is 1.31 bits per heavy atom. The second-order valence-corrected chi connectivity index (χ2v) is 7.48. The van der Waals surface area contributed by atoms with E-state index in [2.05, 4.69) is 25.0 Å². The number of piperidine rings is 1. The molecule has 2 saturated heterocycles. The third-order valence-corrected chi connectivity index (χ3v) is 4.76. The monoisotopic (exact) mass is 433 g/mol. The van der Waals surface area contributed by atoms with Crippen LogP contribution in [-0.4, -0.2) is 97.7 Å². The van der Waals surface area contributed by atoms with Crippen LogP contribution in [0.2, 0.25) is 0 Å². The van der Waals surface area contributed by atoms with Crippen molar-refractivity contribution in [2.24, 2.45) is 0 Å². The van der Waals surface area contributed by atoms with Crippen molar-refractivity contribution in [3.05, 3.63) is 5.82 Å². The Bertz CT molecular complexity index is 903. The lowest BCUT2D eigenvalue weighted by Gasteiger charge is -2.29. The number of ketones is 1. The zero-order valence-corrected chi connectivity index (χ0v) is 15.9. The van der Waals surface area contributed by atoms with E-state index in [0.29, 0.717) is 5.06 Å². The third-order valence-electron chi connectivity index (χ3n) is 4.41. The summed E-state index contributed by atoms with van der Waals surface area (Å²) in [4.78, 5) is 38.8. The van der Waals surface area contributed by atoms with Gasteiger partial charge in [-0.2, -0.15) is 18.3 Å². The second kappa shape index (κ2) is 8.36. The lowest BCUT2D eigenvalue weighted by molar-refractivity contribution is -0.129. The Kier molecular flexibility index (Phi) is 6.06. The fraction of sp³-hybridized carbons (Fsp3) is 0.692. The van der Waals surface area contributed by atoms with Gasteiger partial charge >= 0.3 is 16.4 Å². The van der Waals surface area contributed by atoms with Gasteiger partial charge in [-0.1, -0.05) is 0 Å². The van der Waals surface area contributed by atoms with Crippen LogP contribution in [0.3, 0.4) is 0 Å². The molecule has 3 heterocycles. The smallest absolute Gasteiger partial charge is 0.396 e. The van der Waals surface area contributed by atoms with Crippen LogP contribution in [0.1, 0.15) is 18.7 Å². The van der Waals surface area contributed by atoms with E-state index in [1.165, 1.54) is 0 Å². The number of carbonyl (C=O) groups is 3. The van der Waals surface area contributed by atoms with Gasteiger partial charge in [-0.15, -0.1) is 14.5 Å². The highest BCUT2D eigenvalue weighted by Crippen LogP contribution is 2.30. The minimum absolute atomic E-state index is 0.0525. The van der Waals surface area contributed by atoms with Gasteiger partial charge < -0.3 is 15.3 Å². The van der Waals surface area contributed by atoms with Crippen molar-refractivity contribution in [3.8, 4) is 0 Å². The molecule has 2 aliphatic heterocycles. The maximum absolute atomic E-state index is 12.4. The molecular weight excluding hydrogens is 414 g/mol. The number of hydroxylamine groups is 2. The molecule has 2 atom stereocenters. The van der Waals surface area contributed by atoms with Crippen LogP contribution >= 0.6 is 0 Å². The molecule has 0 spiro atoms. The summed E-state index contributed by atoms with van der Waals surface area (Å²) in [5.41, 5.74) is 0. The van der Waals surface area contributed by atoms with Gasteiger partial charge in [-0.05, 0) is 18.1 Å². The van der Waals surface area contributed by atoms with Gasteiger partial charge in [0.25, 0.3) is 0 Å². The number of aliphatic hydroxyl groups excluding tert-OH is 1. The van der Waals surface area contributed by atoms with Gasteiger partial charge in [0.15, 0.2) is 11.6 Å². The largest absolute Gasteiger partial charge is 0.418 e. The van der Waals surface area contributed by atoms with E-state index in [4.69, 9.17) is 9.66 Å². The molecule has 3 N–H and O–H groups in total. The highest BCUT2D eigenvalue weighted by molar-refractivity contribution is 7.80. The topological polar surface area (TPSA) is 197 Å². The molecule has 160 valence electrons. The molecule has 0 saturated carbocycles. The molecule has 0 unspecified atom stereocenters. The zero-order chi connectivity index (χ0) is 21.2. The van der Waals surface area contributed by atoms with E-state index in [-0.39, 0.29) is 51.3 Å². The minimum Gasteiger partial charge on any atom is -0.396 e. The number of aromatic nitrogens is 4. The Morgan fingerprint density at radius 3 is 2.76 bits per heavy atom. The number of fused-ring (bicyclic) bond motifs is 2. The predicted molar refractivity (Wildman–Crippen MR) is 90.0 cm³/mol. The zero-order valence-electron chi connectivity index (χ0n) is 15.0. The minimum atomic E-state index is -4.87. The lowest BCUT2D eigenvalue weighted by atomic mass is 10.0. The van der Waals surface area contributed by atoms with Gasteiger partial charge in [0.1, 0.15) is 12.6 Å². The van der Waals surface area contributed by atoms with Crippen LogP contribution in [0.25, 0.3) is 0 Å². The van der Waals surface area contributed by atoms with Gasteiger partial charge in [0.2, 0.25) is 5.91 Å². The molecule has 2 aliphatic rings. The SMILES string of the molecule is O=C(CNC(=O)[C@@H]1CC[C@@H]2CN1C(=O)N2OS(=O)(=O)O)Cn1nnc(CCO)n1. The summed E-state index contributed by atoms with van der Waals surface area (Å²) in [6.07, 6.45) is 0.715. The Balaban J connectivity index is 1.52. The van der Waals surface area contributed by atoms with E-state index in [9.17, 15) is 22.8 Å². The number of Topliss-reactive ketones (excluding diaryl/α,β-unsaturated/α-hetero) is 1. The van der Waals surface area contributed by atoms with Crippen LogP contribution in [0, 0.1) is 0 Å².